The van der Waals surface area contributed by atoms with Crippen molar-refractivity contribution in [3.8, 4) is 0 Å². The fraction of sp³-hybridized carbons (Fsp3) is 0.556. The molecule has 0 radical (unpaired) electrons. The van der Waals surface area contributed by atoms with Crippen LogP contribution in [0.1, 0.15) is 56.8 Å². The number of aromatic nitrogens is 4. The number of likely N-dealkylation sites (tertiary alicyclic amines) is 1. The monoisotopic (exact) mass is 544 g/mol. The lowest BCUT2D eigenvalue weighted by atomic mass is 9.87. The highest BCUT2D eigenvalue weighted by Crippen LogP contribution is 2.33. The summed E-state index contributed by atoms with van der Waals surface area (Å²) in [6.45, 7) is 10.0. The molecule has 4 unspecified atom stereocenters. The molecule has 2 fully saturated rings. The van der Waals surface area contributed by atoms with Gasteiger partial charge in [0.25, 0.3) is 0 Å². The zero-order chi connectivity index (χ0) is 26.3. The van der Waals surface area contributed by atoms with Crippen molar-refractivity contribution in [1.82, 2.24) is 24.6 Å². The third-order valence-corrected chi connectivity index (χ3v) is 8.57. The number of carboxylic acids is 1. The first kappa shape index (κ1) is 26.2. The van der Waals surface area contributed by atoms with E-state index in [9.17, 15) is 9.90 Å². The number of halogens is 2. The summed E-state index contributed by atoms with van der Waals surface area (Å²) in [6.07, 6.45) is 5.24. The second kappa shape index (κ2) is 10.8. The number of hydrogen-bond donors (Lipinski definition) is 1. The van der Waals surface area contributed by atoms with E-state index in [-0.39, 0.29) is 18.4 Å². The maximum absolute atomic E-state index is 11.2. The second-order valence-electron chi connectivity index (χ2n) is 10.7. The Hall–Kier alpha value is -2.42. The molecule has 2 saturated heterocycles. The summed E-state index contributed by atoms with van der Waals surface area (Å²) in [6, 6.07) is 5.86. The number of carbonyl (C=O) groups is 1. The molecule has 8 nitrogen and oxygen atoms in total. The first-order valence-electron chi connectivity index (χ1n) is 13.1. The largest absolute Gasteiger partial charge is 0.481 e. The highest BCUT2D eigenvalue weighted by atomic mass is 35.5. The number of fused-ring (bicyclic) bond motifs is 1. The van der Waals surface area contributed by atoms with E-state index in [0.717, 1.165) is 73.7 Å². The summed E-state index contributed by atoms with van der Waals surface area (Å²) < 4.78 is 1.91. The number of carboxylic acid groups (broad SMARTS) is 1. The molecule has 2 aromatic heterocycles. The van der Waals surface area contributed by atoms with Crippen LogP contribution in [-0.2, 0) is 4.79 Å². The zero-order valence-corrected chi connectivity index (χ0v) is 23.1. The first-order valence-corrected chi connectivity index (χ1v) is 13.8. The van der Waals surface area contributed by atoms with Crippen LogP contribution in [0.15, 0.2) is 24.4 Å². The number of anilines is 1. The zero-order valence-electron chi connectivity index (χ0n) is 21.6. The van der Waals surface area contributed by atoms with Crippen LogP contribution in [0.5, 0.6) is 0 Å². The van der Waals surface area contributed by atoms with Crippen LogP contribution >= 0.6 is 23.2 Å². The molecule has 0 saturated carbocycles. The van der Waals surface area contributed by atoms with Crippen molar-refractivity contribution in [2.45, 2.75) is 58.5 Å². The standard InChI is InChI=1S/C27H34Cl2N6O2/c1-16-14-34(10-8-23(16)33-9-4-5-19(15-33)11-25(36)37)24-13-30-26-17(2)32-35(27(26)31-24)18(3)21-7-6-20(28)12-22(21)29/h6-7,12-13,16,18-19,23H,4-5,8-11,14-15H2,1-3H3,(H,36,37). The molecule has 37 heavy (non-hydrogen) atoms. The first-order chi connectivity index (χ1) is 17.7. The van der Waals surface area contributed by atoms with E-state index in [1.807, 2.05) is 29.9 Å². The maximum Gasteiger partial charge on any atom is 0.303 e. The van der Waals surface area contributed by atoms with Crippen molar-refractivity contribution in [1.29, 1.82) is 0 Å². The van der Waals surface area contributed by atoms with Crippen LogP contribution in [0.4, 0.5) is 5.82 Å². The highest BCUT2D eigenvalue weighted by Gasteiger charge is 2.34. The van der Waals surface area contributed by atoms with Gasteiger partial charge in [0.05, 0.1) is 17.9 Å². The van der Waals surface area contributed by atoms with Crippen LogP contribution < -0.4 is 4.90 Å². The van der Waals surface area contributed by atoms with Gasteiger partial charge in [-0.2, -0.15) is 5.10 Å². The summed E-state index contributed by atoms with van der Waals surface area (Å²) in [4.78, 5) is 25.9. The molecule has 4 atom stereocenters. The number of hydrogen-bond acceptors (Lipinski definition) is 6. The molecule has 5 rings (SSSR count). The molecule has 2 aliphatic rings. The van der Waals surface area contributed by atoms with Gasteiger partial charge in [0.15, 0.2) is 5.65 Å². The molecular weight excluding hydrogens is 511 g/mol. The van der Waals surface area contributed by atoms with E-state index < -0.39 is 5.97 Å². The molecule has 1 aromatic carbocycles. The van der Waals surface area contributed by atoms with Crippen LogP contribution in [-0.4, -0.2) is 67.9 Å². The molecule has 1 N–H and O–H groups in total. The Morgan fingerprint density at radius 3 is 2.76 bits per heavy atom. The summed E-state index contributed by atoms with van der Waals surface area (Å²) in [5.41, 5.74) is 3.30. The fourth-order valence-corrected chi connectivity index (χ4v) is 6.70. The van der Waals surface area contributed by atoms with Crippen molar-refractivity contribution in [3.63, 3.8) is 0 Å². The smallest absolute Gasteiger partial charge is 0.303 e. The van der Waals surface area contributed by atoms with Gasteiger partial charge in [-0.15, -0.1) is 0 Å². The van der Waals surface area contributed by atoms with Crippen molar-refractivity contribution in [2.75, 3.05) is 31.1 Å². The second-order valence-corrected chi connectivity index (χ2v) is 11.5. The lowest BCUT2D eigenvalue weighted by molar-refractivity contribution is -0.138. The average molecular weight is 546 g/mol. The number of aryl methyl sites for hydroxylation is 1. The van der Waals surface area contributed by atoms with Crippen LogP contribution in [0.3, 0.4) is 0 Å². The van der Waals surface area contributed by atoms with Gasteiger partial charge in [-0.1, -0.05) is 36.2 Å². The molecule has 0 bridgehead atoms. The lowest BCUT2D eigenvalue weighted by Gasteiger charge is -2.45. The minimum Gasteiger partial charge on any atom is -0.481 e. The van der Waals surface area contributed by atoms with Crippen LogP contribution in [0.25, 0.3) is 11.2 Å². The summed E-state index contributed by atoms with van der Waals surface area (Å²) >= 11 is 12.6. The fourth-order valence-electron chi connectivity index (χ4n) is 6.13. The van der Waals surface area contributed by atoms with Gasteiger partial charge < -0.3 is 10.0 Å². The Kier molecular flexibility index (Phi) is 7.61. The van der Waals surface area contributed by atoms with Crippen LogP contribution in [0.2, 0.25) is 10.0 Å². The van der Waals surface area contributed by atoms with Gasteiger partial charge in [0, 0.05) is 42.1 Å². The third kappa shape index (κ3) is 5.42. The van der Waals surface area contributed by atoms with Crippen LogP contribution in [0, 0.1) is 18.8 Å². The predicted octanol–water partition coefficient (Wildman–Crippen LogP) is 5.45. The van der Waals surface area contributed by atoms with E-state index >= 15 is 0 Å². The van der Waals surface area contributed by atoms with Gasteiger partial charge in [-0.05, 0) is 69.2 Å². The Labute approximate surface area is 227 Å². The Morgan fingerprint density at radius 2 is 2.03 bits per heavy atom. The number of piperidine rings is 2. The van der Waals surface area contributed by atoms with Gasteiger partial charge in [-0.3, -0.25) is 9.69 Å². The average Bonchev–Trinajstić information content (AvgIpc) is 3.19. The summed E-state index contributed by atoms with van der Waals surface area (Å²) in [7, 11) is 0. The summed E-state index contributed by atoms with van der Waals surface area (Å²) in [5, 5.41) is 15.2. The molecule has 0 amide bonds. The molecule has 3 aromatic rings. The molecule has 10 heteroatoms. The lowest BCUT2D eigenvalue weighted by Crippen LogP contribution is -2.53. The third-order valence-electron chi connectivity index (χ3n) is 8.00. The minimum absolute atomic E-state index is 0.131. The molecule has 0 aliphatic carbocycles. The Balaban J connectivity index is 1.35. The van der Waals surface area contributed by atoms with Gasteiger partial charge in [0.2, 0.25) is 0 Å². The Morgan fingerprint density at radius 1 is 1.22 bits per heavy atom. The van der Waals surface area contributed by atoms with Crippen molar-refractivity contribution < 1.29 is 9.90 Å². The van der Waals surface area contributed by atoms with Gasteiger partial charge >= 0.3 is 5.97 Å². The number of rotatable bonds is 6. The number of nitrogens with zero attached hydrogens (tertiary/aromatic N) is 6. The maximum atomic E-state index is 11.2. The van der Waals surface area contributed by atoms with Gasteiger partial charge in [0.1, 0.15) is 11.3 Å². The van der Waals surface area contributed by atoms with E-state index in [4.69, 9.17) is 38.3 Å². The quantitative estimate of drug-likeness (QED) is 0.441. The van der Waals surface area contributed by atoms with Crippen molar-refractivity contribution in [2.24, 2.45) is 11.8 Å². The number of aliphatic carboxylic acids is 1. The van der Waals surface area contributed by atoms with E-state index in [2.05, 4.69) is 23.6 Å². The normalized spacial score (nSPS) is 23.9. The van der Waals surface area contributed by atoms with Crippen molar-refractivity contribution >= 4 is 46.2 Å². The molecule has 0 spiro atoms. The summed E-state index contributed by atoms with van der Waals surface area (Å²) in [5.74, 6) is 0.860. The van der Waals surface area contributed by atoms with Gasteiger partial charge in [-0.25, -0.2) is 14.6 Å². The molecule has 4 heterocycles. The van der Waals surface area contributed by atoms with Crippen molar-refractivity contribution in [3.05, 3.63) is 45.7 Å². The van der Waals surface area contributed by atoms with E-state index in [0.29, 0.717) is 22.0 Å². The topological polar surface area (TPSA) is 87.4 Å². The SMILES string of the molecule is Cc1nn(C(C)c2ccc(Cl)cc2Cl)c2nc(N3CCC(N4CCCC(CC(=O)O)C4)C(C)C3)cnc12. The highest BCUT2D eigenvalue weighted by molar-refractivity contribution is 6.35. The van der Waals surface area contributed by atoms with E-state index in [1.54, 1.807) is 6.07 Å². The molecule has 2 aliphatic heterocycles. The molecule has 198 valence electrons. The Bertz CT molecular complexity index is 1300. The minimum atomic E-state index is -0.689. The number of benzene rings is 1. The predicted molar refractivity (Wildman–Crippen MR) is 147 cm³/mol. The van der Waals surface area contributed by atoms with E-state index in [1.165, 1.54) is 0 Å². The molecular formula is C27H34Cl2N6O2.